The zero-order valence-electron chi connectivity index (χ0n) is 14.1. The van der Waals surface area contributed by atoms with E-state index < -0.39 is 23.7 Å². The number of hydrogen-bond donors (Lipinski definition) is 1. The van der Waals surface area contributed by atoms with Crippen LogP contribution in [-0.4, -0.2) is 63.3 Å². The fourth-order valence-electron chi connectivity index (χ4n) is 2.37. The third-order valence-electron chi connectivity index (χ3n) is 3.39. The molecule has 24 heavy (non-hydrogen) atoms. The van der Waals surface area contributed by atoms with E-state index in [1.165, 1.54) is 4.90 Å². The van der Waals surface area contributed by atoms with E-state index in [0.29, 0.717) is 12.2 Å². The summed E-state index contributed by atoms with van der Waals surface area (Å²) in [6, 6.07) is 0.627. The van der Waals surface area contributed by atoms with Crippen molar-refractivity contribution in [2.24, 2.45) is 0 Å². The van der Waals surface area contributed by atoms with Crippen molar-refractivity contribution in [3.63, 3.8) is 0 Å². The minimum absolute atomic E-state index is 0.0147. The minimum atomic E-state index is -1.07. The molecule has 1 amide bonds. The summed E-state index contributed by atoms with van der Waals surface area (Å²) in [4.78, 5) is 35.1. The molecule has 0 aromatic carbocycles. The van der Waals surface area contributed by atoms with Gasteiger partial charge in [-0.25, -0.2) is 19.6 Å². The van der Waals surface area contributed by atoms with E-state index in [-0.39, 0.29) is 24.2 Å². The first kappa shape index (κ1) is 18.3. The smallest absolute Gasteiger partial charge is 0.410 e. The van der Waals surface area contributed by atoms with Crippen LogP contribution < -0.4 is 4.90 Å². The van der Waals surface area contributed by atoms with Crippen LogP contribution in [0.5, 0.6) is 0 Å². The number of aryl methyl sites for hydroxylation is 1. The highest BCUT2D eigenvalue weighted by Crippen LogP contribution is 2.21. The van der Waals surface area contributed by atoms with E-state index in [9.17, 15) is 14.7 Å². The second kappa shape index (κ2) is 6.80. The molecule has 1 aliphatic heterocycles. The zero-order valence-corrected chi connectivity index (χ0v) is 14.9. The summed E-state index contributed by atoms with van der Waals surface area (Å²) in [5.74, 6) is -0.819. The van der Waals surface area contributed by atoms with Crippen molar-refractivity contribution in [3.8, 4) is 0 Å². The van der Waals surface area contributed by atoms with Crippen LogP contribution in [0.15, 0.2) is 6.07 Å². The summed E-state index contributed by atoms with van der Waals surface area (Å²) >= 11 is 5.94. The minimum Gasteiger partial charge on any atom is -0.480 e. The molecule has 0 aliphatic carbocycles. The number of piperazine rings is 1. The topological polar surface area (TPSA) is 95.9 Å². The lowest BCUT2D eigenvalue weighted by molar-refractivity contribution is -0.139. The Morgan fingerprint density at radius 2 is 2.00 bits per heavy atom. The van der Waals surface area contributed by atoms with Gasteiger partial charge < -0.3 is 19.6 Å². The molecule has 1 aromatic rings. The molecule has 132 valence electrons. The molecule has 0 spiro atoms. The first-order valence-electron chi connectivity index (χ1n) is 7.55. The number of amides is 1. The standard InChI is InChI=1S/C15H21ClN4O4/c1-9-7-11(16)18-13(17-9)20-6-5-19(8-10(20)12(21)22)14(23)24-15(2,3)4/h7,10H,5-6,8H2,1-4H3,(H,21,22)/t10-/m1/s1. The van der Waals surface area contributed by atoms with Gasteiger partial charge in [0.25, 0.3) is 0 Å². The number of ether oxygens (including phenoxy) is 1. The number of hydrogen-bond acceptors (Lipinski definition) is 6. The highest BCUT2D eigenvalue weighted by atomic mass is 35.5. The van der Waals surface area contributed by atoms with Crippen LogP contribution >= 0.6 is 11.6 Å². The summed E-state index contributed by atoms with van der Waals surface area (Å²) in [5.41, 5.74) is 0.00355. The van der Waals surface area contributed by atoms with Gasteiger partial charge in [-0.2, -0.15) is 0 Å². The first-order valence-corrected chi connectivity index (χ1v) is 7.93. The Balaban J connectivity index is 2.20. The molecule has 0 bridgehead atoms. The largest absolute Gasteiger partial charge is 0.480 e. The highest BCUT2D eigenvalue weighted by Gasteiger charge is 2.37. The first-order chi connectivity index (χ1) is 11.1. The van der Waals surface area contributed by atoms with Crippen molar-refractivity contribution in [2.45, 2.75) is 39.3 Å². The average Bonchev–Trinajstić information content (AvgIpc) is 2.43. The number of nitrogens with zero attached hydrogens (tertiary/aromatic N) is 4. The van der Waals surface area contributed by atoms with E-state index in [4.69, 9.17) is 16.3 Å². The molecule has 0 radical (unpaired) electrons. The molecule has 1 fully saturated rings. The van der Waals surface area contributed by atoms with Crippen molar-refractivity contribution in [1.29, 1.82) is 0 Å². The zero-order chi connectivity index (χ0) is 18.1. The van der Waals surface area contributed by atoms with Crippen LogP contribution in [0.1, 0.15) is 26.5 Å². The SMILES string of the molecule is Cc1cc(Cl)nc(N2CCN(C(=O)OC(C)(C)C)C[C@@H]2C(=O)O)n1. The van der Waals surface area contributed by atoms with Crippen LogP contribution in [0.2, 0.25) is 5.15 Å². The van der Waals surface area contributed by atoms with E-state index in [1.807, 2.05) is 0 Å². The van der Waals surface area contributed by atoms with Crippen LogP contribution in [0.3, 0.4) is 0 Å². The average molecular weight is 357 g/mol. The summed E-state index contributed by atoms with van der Waals surface area (Å²) < 4.78 is 5.31. The fourth-order valence-corrected chi connectivity index (χ4v) is 2.60. The number of anilines is 1. The van der Waals surface area contributed by atoms with Gasteiger partial charge in [0.05, 0.1) is 6.54 Å². The van der Waals surface area contributed by atoms with Gasteiger partial charge in [-0.15, -0.1) is 0 Å². The number of carbonyl (C=O) groups is 2. The third kappa shape index (κ3) is 4.47. The predicted molar refractivity (Wildman–Crippen MR) is 88.4 cm³/mol. The maximum atomic E-state index is 12.2. The number of rotatable bonds is 2. The summed E-state index contributed by atoms with van der Waals surface area (Å²) in [5, 5.41) is 9.78. The Bertz CT molecular complexity index is 627. The van der Waals surface area contributed by atoms with Crippen LogP contribution in [-0.2, 0) is 9.53 Å². The molecule has 9 heteroatoms. The van der Waals surface area contributed by atoms with E-state index in [0.717, 1.165) is 0 Å². The molecule has 1 aliphatic rings. The Morgan fingerprint density at radius 1 is 1.33 bits per heavy atom. The molecule has 0 unspecified atom stereocenters. The van der Waals surface area contributed by atoms with E-state index in [2.05, 4.69) is 9.97 Å². The van der Waals surface area contributed by atoms with Gasteiger partial charge in [-0.05, 0) is 33.8 Å². The van der Waals surface area contributed by atoms with Gasteiger partial charge in [-0.1, -0.05) is 11.6 Å². The van der Waals surface area contributed by atoms with Crippen molar-refractivity contribution >= 4 is 29.6 Å². The number of carboxylic acid groups (broad SMARTS) is 1. The lowest BCUT2D eigenvalue weighted by atomic mass is 10.1. The lowest BCUT2D eigenvalue weighted by Crippen LogP contribution is -2.59. The fraction of sp³-hybridized carbons (Fsp3) is 0.600. The predicted octanol–water partition coefficient (Wildman–Crippen LogP) is 1.95. The molecule has 0 saturated carbocycles. The number of carboxylic acids is 1. The molecule has 2 heterocycles. The van der Waals surface area contributed by atoms with Gasteiger partial charge in [0.2, 0.25) is 5.95 Å². The highest BCUT2D eigenvalue weighted by molar-refractivity contribution is 6.29. The molecule has 1 saturated heterocycles. The molecule has 1 aromatic heterocycles. The molecule has 2 rings (SSSR count). The lowest BCUT2D eigenvalue weighted by Gasteiger charge is -2.39. The van der Waals surface area contributed by atoms with Gasteiger partial charge in [0.15, 0.2) is 0 Å². The van der Waals surface area contributed by atoms with Gasteiger partial charge in [-0.3, -0.25) is 0 Å². The molecular weight excluding hydrogens is 336 g/mol. The molecule has 1 N–H and O–H groups in total. The maximum Gasteiger partial charge on any atom is 0.410 e. The van der Waals surface area contributed by atoms with Crippen LogP contribution in [0.25, 0.3) is 0 Å². The Kier molecular flexibility index (Phi) is 5.17. The summed E-state index contributed by atoms with van der Waals surface area (Å²) in [7, 11) is 0. The number of aromatic nitrogens is 2. The van der Waals surface area contributed by atoms with Crippen LogP contribution in [0, 0.1) is 6.92 Å². The monoisotopic (exact) mass is 356 g/mol. The molecular formula is C15H21ClN4O4. The number of aliphatic carboxylic acids is 1. The number of carbonyl (C=O) groups excluding carboxylic acids is 1. The van der Waals surface area contributed by atoms with E-state index in [1.54, 1.807) is 38.7 Å². The van der Waals surface area contributed by atoms with Gasteiger partial charge in [0.1, 0.15) is 16.8 Å². The van der Waals surface area contributed by atoms with Gasteiger partial charge >= 0.3 is 12.1 Å². The van der Waals surface area contributed by atoms with Crippen molar-refractivity contribution in [3.05, 3.63) is 16.9 Å². The second-order valence-electron chi connectivity index (χ2n) is 6.61. The Morgan fingerprint density at radius 3 is 2.54 bits per heavy atom. The molecule has 1 atom stereocenters. The quantitative estimate of drug-likeness (QED) is 0.809. The van der Waals surface area contributed by atoms with E-state index >= 15 is 0 Å². The Hall–Kier alpha value is -2.09. The normalized spacial score (nSPS) is 18.5. The summed E-state index contributed by atoms with van der Waals surface area (Å²) in [6.45, 7) is 7.61. The maximum absolute atomic E-state index is 12.2. The van der Waals surface area contributed by atoms with Crippen molar-refractivity contribution in [2.75, 3.05) is 24.5 Å². The third-order valence-corrected chi connectivity index (χ3v) is 3.58. The second-order valence-corrected chi connectivity index (χ2v) is 6.99. The van der Waals surface area contributed by atoms with Gasteiger partial charge in [0, 0.05) is 18.8 Å². The van der Waals surface area contributed by atoms with Crippen molar-refractivity contribution in [1.82, 2.24) is 14.9 Å². The Labute approximate surface area is 145 Å². The molecule has 8 nitrogen and oxygen atoms in total. The van der Waals surface area contributed by atoms with Crippen molar-refractivity contribution < 1.29 is 19.4 Å². The summed E-state index contributed by atoms with van der Waals surface area (Å²) in [6.07, 6.45) is -0.531. The van der Waals surface area contributed by atoms with Crippen LogP contribution in [0.4, 0.5) is 10.7 Å². The number of halogens is 1.